The van der Waals surface area contributed by atoms with Crippen molar-refractivity contribution in [1.82, 2.24) is 10.6 Å². The number of nitrogens with zero attached hydrogens (tertiary/aromatic N) is 2. The van der Waals surface area contributed by atoms with Crippen molar-refractivity contribution in [2.24, 2.45) is 0 Å². The van der Waals surface area contributed by atoms with Gasteiger partial charge in [0.2, 0.25) is 11.6 Å². The molecule has 0 saturated heterocycles. The molecule has 0 bridgehead atoms. The molecule has 14 heteroatoms. The van der Waals surface area contributed by atoms with Gasteiger partial charge >= 0.3 is 5.97 Å². The Balaban J connectivity index is 0.959. The molecule has 0 radical (unpaired) electrons. The Labute approximate surface area is 407 Å². The number of unbranched alkanes of at least 4 members (excludes halogenated alkanes) is 2. The quantitative estimate of drug-likeness (QED) is 0.0233. The molecule has 7 rings (SSSR count). The number of hydrogen-bond donors (Lipinski definition) is 3. The van der Waals surface area contributed by atoms with Gasteiger partial charge in [0.25, 0.3) is 16.0 Å². The number of amides is 2. The van der Waals surface area contributed by atoms with Crippen molar-refractivity contribution in [3.05, 3.63) is 168 Å². The first-order valence-electron chi connectivity index (χ1n) is 23.3. The molecule has 0 unspecified atom stereocenters. The predicted molar refractivity (Wildman–Crippen MR) is 275 cm³/mol. The van der Waals surface area contributed by atoms with Gasteiger partial charge in [-0.1, -0.05) is 98.8 Å². The molecule has 2 aliphatic heterocycles. The molecule has 12 nitrogen and oxygen atoms in total. The van der Waals surface area contributed by atoms with Crippen LogP contribution in [0.5, 0.6) is 0 Å². The standard InChI is InChI=1S/C55H61N4O8PS/c1-54(2)44-23-15-16-24-46(44)58(49(54)25-18-26-50-55(3,4)45-38-42(69(63,64)65)29-31-47(45)59(50)35-36-66-5)34-17-9-14-27-51(60)56-32-33-57-52(61)39-28-30-43(53(62)67-6)48(37-39)68(40-19-10-7-11-20-40)41-21-12-8-13-22-41/h7-8,10-13,15-16,18-26,28-31,37-38H,9,14,17,27,32-36H2,1-6H3,(H2-,56,57,60,61,63,64,65)/p+1. The van der Waals surface area contributed by atoms with Crippen LogP contribution in [0.25, 0.3) is 0 Å². The van der Waals surface area contributed by atoms with Gasteiger partial charge in [-0.05, 0) is 93.3 Å². The normalized spacial score (nSPS) is 15.4. The van der Waals surface area contributed by atoms with Crippen LogP contribution in [0.4, 0.5) is 11.4 Å². The highest BCUT2D eigenvalue weighted by atomic mass is 32.2. The summed E-state index contributed by atoms with van der Waals surface area (Å²) in [5.41, 5.74) is 6.19. The molecule has 69 heavy (non-hydrogen) atoms. The highest BCUT2D eigenvalue weighted by molar-refractivity contribution is 7.85. The van der Waals surface area contributed by atoms with Gasteiger partial charge in [0.05, 0.1) is 29.6 Å². The van der Waals surface area contributed by atoms with E-state index < -0.39 is 29.4 Å². The Hall–Kier alpha value is -6.24. The van der Waals surface area contributed by atoms with Crippen LogP contribution in [0.3, 0.4) is 0 Å². The molecule has 0 aromatic heterocycles. The molecular formula is C55H62N4O8PS+. The lowest BCUT2D eigenvalue weighted by atomic mass is 9.81. The second-order valence-electron chi connectivity index (χ2n) is 18.2. The summed E-state index contributed by atoms with van der Waals surface area (Å²) in [4.78, 5) is 41.4. The largest absolute Gasteiger partial charge is 0.465 e. The first-order valence-corrected chi connectivity index (χ1v) is 26.1. The highest BCUT2D eigenvalue weighted by Gasteiger charge is 2.44. The Morgan fingerprint density at radius 2 is 1.43 bits per heavy atom. The molecule has 2 heterocycles. The summed E-state index contributed by atoms with van der Waals surface area (Å²) in [7, 11) is -2.56. The predicted octanol–water partition coefficient (Wildman–Crippen LogP) is 7.85. The van der Waals surface area contributed by atoms with Crippen molar-refractivity contribution in [3.63, 3.8) is 0 Å². The molecule has 0 fully saturated rings. The number of benzene rings is 5. The number of hydrogen-bond acceptors (Lipinski definition) is 8. The molecule has 3 N–H and O–H groups in total. The summed E-state index contributed by atoms with van der Waals surface area (Å²) in [6, 6.07) is 38.2. The molecule has 0 saturated carbocycles. The molecule has 360 valence electrons. The molecule has 2 aliphatic rings. The van der Waals surface area contributed by atoms with Crippen LogP contribution >= 0.6 is 7.92 Å². The average Bonchev–Trinajstić information content (AvgIpc) is 3.69. The summed E-state index contributed by atoms with van der Waals surface area (Å²) in [6.07, 6.45) is 9.11. The van der Waals surface area contributed by atoms with Crippen molar-refractivity contribution in [2.45, 2.75) is 69.1 Å². The van der Waals surface area contributed by atoms with E-state index in [1.807, 2.05) is 60.7 Å². The number of methoxy groups -OCH3 is 2. The third kappa shape index (κ3) is 11.3. The number of para-hydroxylation sites is 1. The Morgan fingerprint density at radius 3 is 2.10 bits per heavy atom. The molecule has 5 aromatic rings. The van der Waals surface area contributed by atoms with Crippen LogP contribution in [-0.2, 0) is 35.2 Å². The molecular weight excluding hydrogens is 908 g/mol. The molecule has 0 spiro atoms. The fourth-order valence-electron chi connectivity index (χ4n) is 9.37. The average molecular weight is 970 g/mol. The number of rotatable bonds is 20. The van der Waals surface area contributed by atoms with Gasteiger partial charge in [0.15, 0.2) is 5.71 Å². The van der Waals surface area contributed by atoms with Crippen LogP contribution in [0.2, 0.25) is 0 Å². The Morgan fingerprint density at radius 1 is 0.768 bits per heavy atom. The third-order valence-corrected chi connectivity index (χ3v) is 16.3. The topological polar surface area (TPSA) is 154 Å². The van der Waals surface area contributed by atoms with Crippen molar-refractivity contribution in [1.29, 1.82) is 0 Å². The van der Waals surface area contributed by atoms with Gasteiger partial charge in [-0.3, -0.25) is 14.1 Å². The smallest absolute Gasteiger partial charge is 0.338 e. The van der Waals surface area contributed by atoms with E-state index in [0.717, 1.165) is 63.6 Å². The fourth-order valence-corrected chi connectivity index (χ4v) is 12.3. The summed E-state index contributed by atoms with van der Waals surface area (Å²) >= 11 is 0. The first-order chi connectivity index (χ1) is 33.1. The minimum absolute atomic E-state index is 0.0769. The molecule has 0 aliphatic carbocycles. The maximum Gasteiger partial charge on any atom is 0.338 e. The summed E-state index contributed by atoms with van der Waals surface area (Å²) in [6.45, 7) is 10.9. The zero-order valence-electron chi connectivity index (χ0n) is 40.2. The van der Waals surface area contributed by atoms with Crippen molar-refractivity contribution in [2.75, 3.05) is 51.9 Å². The van der Waals surface area contributed by atoms with Gasteiger partial charge in [-0.2, -0.15) is 13.0 Å². The molecule has 2 amide bonds. The number of ether oxygens (including phenoxy) is 2. The summed E-state index contributed by atoms with van der Waals surface area (Å²) in [5, 5.41) is 8.67. The van der Waals surface area contributed by atoms with Crippen LogP contribution in [0.1, 0.15) is 85.2 Å². The van der Waals surface area contributed by atoms with Crippen molar-refractivity contribution >= 4 is 68.8 Å². The summed E-state index contributed by atoms with van der Waals surface area (Å²) in [5.74, 6) is -0.853. The SMILES string of the molecule is COCCN1C(=CC=CC2=[N+](CCCCCC(=O)NCCNC(=O)c3ccc(C(=O)OC)c(P(c4ccccc4)c4ccccc4)c3)c3ccccc3C2(C)C)C(C)(C)c2cc(S(=O)(=O)O)ccc21. The van der Waals surface area contributed by atoms with E-state index in [-0.39, 0.29) is 35.2 Å². The van der Waals surface area contributed by atoms with Crippen LogP contribution in [-0.4, -0.2) is 88.0 Å². The van der Waals surface area contributed by atoms with E-state index in [1.54, 1.807) is 37.4 Å². The van der Waals surface area contributed by atoms with Gasteiger partial charge in [-0.25, -0.2) is 4.79 Å². The number of carbonyl (C=O) groups excluding carboxylic acids is 3. The van der Waals surface area contributed by atoms with Crippen LogP contribution in [0.15, 0.2) is 150 Å². The number of carbonyl (C=O) groups is 3. The number of fused-ring (bicyclic) bond motifs is 2. The lowest BCUT2D eigenvalue weighted by molar-refractivity contribution is -0.438. The maximum absolute atomic E-state index is 13.5. The lowest BCUT2D eigenvalue weighted by Crippen LogP contribution is -2.35. The first kappa shape index (κ1) is 50.6. The van der Waals surface area contributed by atoms with Crippen LogP contribution in [0, 0.1) is 0 Å². The van der Waals surface area contributed by atoms with Gasteiger partial charge in [-0.15, -0.1) is 0 Å². The van der Waals surface area contributed by atoms with E-state index >= 15 is 0 Å². The van der Waals surface area contributed by atoms with Gasteiger partial charge in [0.1, 0.15) is 6.54 Å². The maximum atomic E-state index is 13.5. The minimum Gasteiger partial charge on any atom is -0.465 e. The molecule has 0 atom stereocenters. The second kappa shape index (κ2) is 22.0. The third-order valence-electron chi connectivity index (χ3n) is 12.9. The number of anilines is 1. The molecule has 5 aromatic carbocycles. The van der Waals surface area contributed by atoms with E-state index in [1.165, 1.54) is 18.7 Å². The number of allylic oxidation sites excluding steroid dienone is 4. The van der Waals surface area contributed by atoms with Gasteiger partial charge < -0.3 is 25.0 Å². The van der Waals surface area contributed by atoms with Crippen molar-refractivity contribution in [3.8, 4) is 0 Å². The van der Waals surface area contributed by atoms with E-state index in [2.05, 4.69) is 90.3 Å². The van der Waals surface area contributed by atoms with Crippen LogP contribution < -0.4 is 31.4 Å². The zero-order valence-corrected chi connectivity index (χ0v) is 41.9. The fraction of sp³-hybridized carbons (Fsp3) is 0.309. The van der Waals surface area contributed by atoms with E-state index in [9.17, 15) is 27.4 Å². The Kier molecular flexibility index (Phi) is 16.2. The van der Waals surface area contributed by atoms with Crippen molar-refractivity contribution < 1.29 is 41.4 Å². The Bertz CT molecular complexity index is 2860. The lowest BCUT2D eigenvalue weighted by Gasteiger charge is -2.26. The van der Waals surface area contributed by atoms with Gasteiger partial charge in [0, 0.05) is 85.0 Å². The van der Waals surface area contributed by atoms with E-state index in [0.29, 0.717) is 37.1 Å². The second-order valence-corrected chi connectivity index (χ2v) is 21.8. The zero-order chi connectivity index (χ0) is 49.3. The monoisotopic (exact) mass is 969 g/mol. The minimum atomic E-state index is -4.38. The summed E-state index contributed by atoms with van der Waals surface area (Å²) < 4.78 is 47.0. The van der Waals surface area contributed by atoms with E-state index in [4.69, 9.17) is 9.47 Å². The number of nitrogens with one attached hydrogen (secondary N) is 2. The number of esters is 1. The highest BCUT2D eigenvalue weighted by Crippen LogP contribution is 2.48.